The third-order valence-corrected chi connectivity index (χ3v) is 4.56. The number of amides is 1. The smallest absolute Gasteiger partial charge is 0.229 e. The van der Waals surface area contributed by atoms with Crippen molar-refractivity contribution in [2.24, 2.45) is 0 Å². The van der Waals surface area contributed by atoms with Crippen LogP contribution in [-0.4, -0.2) is 22.8 Å². The van der Waals surface area contributed by atoms with Gasteiger partial charge in [0.25, 0.3) is 0 Å². The fourth-order valence-electron chi connectivity index (χ4n) is 2.55. The summed E-state index contributed by atoms with van der Waals surface area (Å²) < 4.78 is 6.83. The molecule has 0 spiro atoms. The molecule has 0 unspecified atom stereocenters. The molecule has 1 N–H and O–H groups in total. The summed E-state index contributed by atoms with van der Waals surface area (Å²) in [7, 11) is 1.59. The van der Waals surface area contributed by atoms with Gasteiger partial charge in [0, 0.05) is 21.7 Å². The first-order chi connectivity index (χ1) is 12.6. The van der Waals surface area contributed by atoms with E-state index in [9.17, 15) is 4.79 Å². The largest absolute Gasteiger partial charge is 0.497 e. The van der Waals surface area contributed by atoms with Crippen molar-refractivity contribution < 1.29 is 9.53 Å². The zero-order chi connectivity index (χ0) is 18.5. The highest BCUT2D eigenvalue weighted by Crippen LogP contribution is 2.26. The van der Waals surface area contributed by atoms with Crippen LogP contribution >= 0.6 is 23.2 Å². The Labute approximate surface area is 161 Å². The summed E-state index contributed by atoms with van der Waals surface area (Å²) in [5, 5.41) is 8.23. The zero-order valence-electron chi connectivity index (χ0n) is 14.1. The number of carbonyl (C=O) groups is 1. The topological polar surface area (TPSA) is 56.1 Å². The summed E-state index contributed by atoms with van der Waals surface area (Å²) in [5.41, 5.74) is 1.62. The van der Waals surface area contributed by atoms with Crippen molar-refractivity contribution in [3.8, 4) is 5.75 Å². The van der Waals surface area contributed by atoms with Gasteiger partial charge in [0.05, 0.1) is 26.3 Å². The lowest BCUT2D eigenvalue weighted by atomic mass is 10.1. The average molecular weight is 390 g/mol. The van der Waals surface area contributed by atoms with Gasteiger partial charge >= 0.3 is 0 Å². The van der Waals surface area contributed by atoms with Gasteiger partial charge in [0.2, 0.25) is 5.91 Å². The molecule has 7 heteroatoms. The van der Waals surface area contributed by atoms with Crippen molar-refractivity contribution in [3.63, 3.8) is 0 Å². The van der Waals surface area contributed by atoms with Crippen LogP contribution < -0.4 is 10.1 Å². The first-order valence-electron chi connectivity index (χ1n) is 7.94. The number of carbonyl (C=O) groups excluding carboxylic acids is 1. The average Bonchev–Trinajstić information content (AvgIpc) is 3.05. The number of hydrogen-bond acceptors (Lipinski definition) is 3. The summed E-state index contributed by atoms with van der Waals surface area (Å²) in [5.74, 6) is 1.15. The number of nitrogens with one attached hydrogen (secondary N) is 1. The van der Waals surface area contributed by atoms with E-state index in [1.807, 2.05) is 24.3 Å². The van der Waals surface area contributed by atoms with Crippen LogP contribution in [0.15, 0.2) is 54.7 Å². The van der Waals surface area contributed by atoms with E-state index in [4.69, 9.17) is 27.9 Å². The van der Waals surface area contributed by atoms with Crippen LogP contribution in [0.3, 0.4) is 0 Å². The molecule has 1 amide bonds. The molecule has 0 aliphatic heterocycles. The minimum atomic E-state index is -0.148. The lowest BCUT2D eigenvalue weighted by Crippen LogP contribution is -2.18. The number of benzene rings is 2. The van der Waals surface area contributed by atoms with Gasteiger partial charge in [-0.05, 0) is 29.8 Å². The molecule has 0 fully saturated rings. The van der Waals surface area contributed by atoms with Crippen LogP contribution in [0.2, 0.25) is 10.0 Å². The molecule has 1 aromatic heterocycles. The van der Waals surface area contributed by atoms with E-state index in [1.54, 1.807) is 42.3 Å². The number of methoxy groups -OCH3 is 1. The predicted octanol–water partition coefficient (Wildman–Crippen LogP) is 4.43. The summed E-state index contributed by atoms with van der Waals surface area (Å²) in [6.45, 7) is 0.361. The molecule has 3 rings (SSSR count). The maximum atomic E-state index is 12.4. The lowest BCUT2D eigenvalue weighted by Gasteiger charge is -2.11. The molecule has 0 saturated heterocycles. The molecule has 2 aromatic carbocycles. The minimum Gasteiger partial charge on any atom is -0.497 e. The fourth-order valence-corrected chi connectivity index (χ4v) is 3.07. The molecule has 134 valence electrons. The quantitative estimate of drug-likeness (QED) is 0.678. The van der Waals surface area contributed by atoms with Crippen LogP contribution in [0.1, 0.15) is 11.1 Å². The van der Waals surface area contributed by atoms with Gasteiger partial charge in [-0.2, -0.15) is 5.10 Å². The Morgan fingerprint density at radius 3 is 2.62 bits per heavy atom. The molecular formula is C19H17Cl2N3O2. The van der Waals surface area contributed by atoms with Gasteiger partial charge in [0.15, 0.2) is 0 Å². The van der Waals surface area contributed by atoms with E-state index in [1.165, 1.54) is 0 Å². The summed E-state index contributed by atoms with van der Waals surface area (Å²) in [4.78, 5) is 12.4. The summed E-state index contributed by atoms with van der Waals surface area (Å²) in [6.07, 6.45) is 1.85. The van der Waals surface area contributed by atoms with Gasteiger partial charge < -0.3 is 10.1 Å². The van der Waals surface area contributed by atoms with Crippen LogP contribution in [-0.2, 0) is 17.8 Å². The van der Waals surface area contributed by atoms with E-state index >= 15 is 0 Å². The number of aromatic nitrogens is 2. The van der Waals surface area contributed by atoms with Crippen LogP contribution in [0, 0.1) is 0 Å². The first-order valence-corrected chi connectivity index (χ1v) is 8.70. The number of hydrogen-bond donors (Lipinski definition) is 1. The molecule has 0 aliphatic rings. The highest BCUT2D eigenvalue weighted by atomic mass is 35.5. The zero-order valence-corrected chi connectivity index (χ0v) is 15.6. The predicted molar refractivity (Wildman–Crippen MR) is 103 cm³/mol. The van der Waals surface area contributed by atoms with Gasteiger partial charge in [-0.15, -0.1) is 0 Å². The van der Waals surface area contributed by atoms with E-state index in [0.717, 1.165) is 11.1 Å². The molecule has 0 radical (unpaired) electrons. The van der Waals surface area contributed by atoms with Gasteiger partial charge in [-0.1, -0.05) is 41.4 Å². The molecule has 3 aromatic rings. The highest BCUT2D eigenvalue weighted by molar-refractivity contribution is 6.35. The Kier molecular flexibility index (Phi) is 5.81. The standard InChI is InChI=1S/C19H17Cl2N3O2/c1-26-14-5-2-4-13(10-14)11-19(25)23-18-8-9-22-24(18)12-15-16(20)6-3-7-17(15)21/h2-10H,11-12H2,1H3,(H,23,25). The second-order valence-electron chi connectivity index (χ2n) is 5.65. The van der Waals surface area contributed by atoms with Crippen molar-refractivity contribution in [2.45, 2.75) is 13.0 Å². The monoisotopic (exact) mass is 389 g/mol. The third-order valence-electron chi connectivity index (χ3n) is 3.85. The normalized spacial score (nSPS) is 10.6. The lowest BCUT2D eigenvalue weighted by molar-refractivity contribution is -0.115. The first kappa shape index (κ1) is 18.3. The number of anilines is 1. The SMILES string of the molecule is COc1cccc(CC(=O)Nc2ccnn2Cc2c(Cl)cccc2Cl)c1. The molecule has 0 saturated carbocycles. The Hall–Kier alpha value is -2.50. The molecule has 0 aliphatic carbocycles. The molecule has 5 nitrogen and oxygen atoms in total. The van der Waals surface area contributed by atoms with Crippen molar-refractivity contribution in [3.05, 3.63) is 75.9 Å². The Morgan fingerprint density at radius 2 is 1.88 bits per heavy atom. The van der Waals surface area contributed by atoms with Crippen molar-refractivity contribution in [2.75, 3.05) is 12.4 Å². The molecule has 26 heavy (non-hydrogen) atoms. The minimum absolute atomic E-state index is 0.148. The number of rotatable bonds is 6. The van der Waals surface area contributed by atoms with Crippen molar-refractivity contribution >= 4 is 34.9 Å². The summed E-state index contributed by atoms with van der Waals surface area (Å²) in [6, 6.07) is 14.5. The maximum Gasteiger partial charge on any atom is 0.229 e. The third kappa shape index (κ3) is 4.36. The van der Waals surface area contributed by atoms with Crippen LogP contribution in [0.4, 0.5) is 5.82 Å². The number of ether oxygens (including phenoxy) is 1. The number of halogens is 2. The van der Waals surface area contributed by atoms with Crippen molar-refractivity contribution in [1.29, 1.82) is 0 Å². The van der Waals surface area contributed by atoms with Gasteiger partial charge in [-0.3, -0.25) is 4.79 Å². The number of nitrogens with zero attached hydrogens (tertiary/aromatic N) is 2. The molecule has 1 heterocycles. The fraction of sp³-hybridized carbons (Fsp3) is 0.158. The maximum absolute atomic E-state index is 12.4. The van der Waals surface area contributed by atoms with Gasteiger partial charge in [0.1, 0.15) is 11.6 Å². The molecule has 0 atom stereocenters. The van der Waals surface area contributed by atoms with E-state index in [0.29, 0.717) is 28.2 Å². The second kappa shape index (κ2) is 8.25. The van der Waals surface area contributed by atoms with Crippen LogP contribution in [0.5, 0.6) is 5.75 Å². The highest BCUT2D eigenvalue weighted by Gasteiger charge is 2.12. The van der Waals surface area contributed by atoms with E-state index in [-0.39, 0.29) is 12.3 Å². The molecular weight excluding hydrogens is 373 g/mol. The van der Waals surface area contributed by atoms with Gasteiger partial charge in [-0.25, -0.2) is 4.68 Å². The Bertz CT molecular complexity index is 904. The summed E-state index contributed by atoms with van der Waals surface area (Å²) >= 11 is 12.4. The molecule has 0 bridgehead atoms. The Balaban J connectivity index is 1.71. The Morgan fingerprint density at radius 1 is 1.15 bits per heavy atom. The van der Waals surface area contributed by atoms with E-state index in [2.05, 4.69) is 10.4 Å². The van der Waals surface area contributed by atoms with E-state index < -0.39 is 0 Å². The van der Waals surface area contributed by atoms with Crippen molar-refractivity contribution in [1.82, 2.24) is 9.78 Å². The van der Waals surface area contributed by atoms with Crippen LogP contribution in [0.25, 0.3) is 0 Å². The second-order valence-corrected chi connectivity index (χ2v) is 6.47.